The molecule has 0 bridgehead atoms. The second-order valence-electron chi connectivity index (χ2n) is 5.38. The standard InChI is InChI=1S/C17H14FN3O3S2/c1-11-2-7-14(10-15(11)16(22)20-17-19-8-9-25-17)26(23,24)21-13-5-3-12(18)4-6-13/h2-10,21H,1H3,(H,19,20,22). The van der Waals surface area contributed by atoms with Crippen LogP contribution >= 0.6 is 11.3 Å². The molecule has 6 nitrogen and oxygen atoms in total. The molecule has 9 heteroatoms. The zero-order valence-corrected chi connectivity index (χ0v) is 15.2. The highest BCUT2D eigenvalue weighted by molar-refractivity contribution is 7.92. The van der Waals surface area contributed by atoms with Crippen LogP contribution in [0.2, 0.25) is 0 Å². The van der Waals surface area contributed by atoms with Crippen LogP contribution in [-0.4, -0.2) is 19.3 Å². The maximum atomic E-state index is 13.0. The number of anilines is 2. The van der Waals surface area contributed by atoms with E-state index < -0.39 is 21.7 Å². The number of benzene rings is 2. The van der Waals surface area contributed by atoms with Gasteiger partial charge in [-0.3, -0.25) is 14.8 Å². The van der Waals surface area contributed by atoms with Gasteiger partial charge in [0, 0.05) is 22.8 Å². The minimum Gasteiger partial charge on any atom is -0.298 e. The van der Waals surface area contributed by atoms with E-state index in [0.29, 0.717) is 10.7 Å². The highest BCUT2D eigenvalue weighted by atomic mass is 32.2. The Bertz CT molecular complexity index is 1030. The molecule has 1 heterocycles. The van der Waals surface area contributed by atoms with Crippen molar-refractivity contribution in [1.29, 1.82) is 0 Å². The van der Waals surface area contributed by atoms with Crippen molar-refractivity contribution in [3.05, 3.63) is 71.0 Å². The van der Waals surface area contributed by atoms with Crippen LogP contribution in [0, 0.1) is 12.7 Å². The predicted molar refractivity (Wildman–Crippen MR) is 98.5 cm³/mol. The van der Waals surface area contributed by atoms with Crippen molar-refractivity contribution in [2.75, 3.05) is 10.0 Å². The fourth-order valence-electron chi connectivity index (χ4n) is 2.19. The van der Waals surface area contributed by atoms with Gasteiger partial charge < -0.3 is 0 Å². The molecule has 0 aliphatic rings. The topological polar surface area (TPSA) is 88.2 Å². The molecule has 2 N–H and O–H groups in total. The number of hydrogen-bond acceptors (Lipinski definition) is 5. The normalized spacial score (nSPS) is 11.2. The Labute approximate surface area is 153 Å². The molecule has 0 aliphatic heterocycles. The Kier molecular flexibility index (Phi) is 5.01. The highest BCUT2D eigenvalue weighted by Crippen LogP contribution is 2.21. The Hall–Kier alpha value is -2.78. The monoisotopic (exact) mass is 391 g/mol. The lowest BCUT2D eigenvalue weighted by Gasteiger charge is -2.11. The smallest absolute Gasteiger partial charge is 0.261 e. The van der Waals surface area contributed by atoms with Gasteiger partial charge >= 0.3 is 0 Å². The van der Waals surface area contributed by atoms with E-state index in [-0.39, 0.29) is 16.1 Å². The van der Waals surface area contributed by atoms with Crippen LogP contribution in [0.4, 0.5) is 15.2 Å². The number of carbonyl (C=O) groups is 1. The van der Waals surface area contributed by atoms with E-state index in [1.54, 1.807) is 24.6 Å². The lowest BCUT2D eigenvalue weighted by Crippen LogP contribution is -2.17. The van der Waals surface area contributed by atoms with Gasteiger partial charge in [-0.05, 0) is 48.9 Å². The predicted octanol–water partition coefficient (Wildman–Crippen LogP) is 3.64. The summed E-state index contributed by atoms with van der Waals surface area (Å²) < 4.78 is 40.4. The molecule has 0 saturated heterocycles. The van der Waals surface area contributed by atoms with Crippen molar-refractivity contribution in [2.24, 2.45) is 0 Å². The quantitative estimate of drug-likeness (QED) is 0.695. The molecule has 134 valence electrons. The van der Waals surface area contributed by atoms with Crippen LogP contribution in [-0.2, 0) is 10.0 Å². The summed E-state index contributed by atoms with van der Waals surface area (Å²) in [6.07, 6.45) is 1.56. The summed E-state index contributed by atoms with van der Waals surface area (Å²) in [4.78, 5) is 16.3. The summed E-state index contributed by atoms with van der Waals surface area (Å²) in [5.41, 5.74) is 1.07. The first-order chi connectivity index (χ1) is 12.3. The molecule has 1 aromatic heterocycles. The number of nitrogens with one attached hydrogen (secondary N) is 2. The Morgan fingerprint density at radius 2 is 1.88 bits per heavy atom. The number of hydrogen-bond donors (Lipinski definition) is 2. The third-order valence-electron chi connectivity index (χ3n) is 3.51. The number of carbonyl (C=O) groups excluding carboxylic acids is 1. The molecule has 0 spiro atoms. The Balaban J connectivity index is 1.88. The molecular formula is C17H14FN3O3S2. The van der Waals surface area contributed by atoms with Gasteiger partial charge in [0.2, 0.25) is 0 Å². The summed E-state index contributed by atoms with van der Waals surface area (Å²) in [7, 11) is -3.93. The second kappa shape index (κ2) is 7.22. The van der Waals surface area contributed by atoms with Gasteiger partial charge in [-0.1, -0.05) is 6.07 Å². The molecule has 0 unspecified atom stereocenters. The molecule has 3 rings (SSSR count). The van der Waals surface area contributed by atoms with Crippen LogP contribution in [0.25, 0.3) is 0 Å². The lowest BCUT2D eigenvalue weighted by molar-refractivity contribution is 0.102. The first-order valence-corrected chi connectivity index (χ1v) is 9.81. The molecule has 0 radical (unpaired) electrons. The average molecular weight is 391 g/mol. The Morgan fingerprint density at radius 3 is 2.54 bits per heavy atom. The summed E-state index contributed by atoms with van der Waals surface area (Å²) in [5.74, 6) is -0.916. The van der Waals surface area contributed by atoms with E-state index in [9.17, 15) is 17.6 Å². The number of halogens is 1. The maximum Gasteiger partial charge on any atom is 0.261 e. The van der Waals surface area contributed by atoms with Gasteiger partial charge in [0.25, 0.3) is 15.9 Å². The number of rotatable bonds is 5. The number of aromatic nitrogens is 1. The van der Waals surface area contributed by atoms with Gasteiger partial charge in [-0.15, -0.1) is 11.3 Å². The second-order valence-corrected chi connectivity index (χ2v) is 7.96. The summed E-state index contributed by atoms with van der Waals surface area (Å²) in [6.45, 7) is 1.71. The number of amides is 1. The number of nitrogens with zero attached hydrogens (tertiary/aromatic N) is 1. The van der Waals surface area contributed by atoms with E-state index >= 15 is 0 Å². The van der Waals surface area contributed by atoms with E-state index in [4.69, 9.17) is 0 Å². The third kappa shape index (κ3) is 4.06. The first kappa shape index (κ1) is 18.0. The van der Waals surface area contributed by atoms with Gasteiger partial charge in [-0.25, -0.2) is 17.8 Å². The van der Waals surface area contributed by atoms with Crippen molar-refractivity contribution in [1.82, 2.24) is 4.98 Å². The molecule has 3 aromatic rings. The molecule has 0 fully saturated rings. The van der Waals surface area contributed by atoms with Crippen LogP contribution in [0.15, 0.2) is 58.9 Å². The zero-order valence-electron chi connectivity index (χ0n) is 13.6. The Morgan fingerprint density at radius 1 is 1.15 bits per heavy atom. The number of aryl methyl sites for hydroxylation is 1. The summed E-state index contributed by atoms with van der Waals surface area (Å²) >= 11 is 1.26. The van der Waals surface area contributed by atoms with Crippen molar-refractivity contribution < 1.29 is 17.6 Å². The van der Waals surface area contributed by atoms with Crippen molar-refractivity contribution in [3.8, 4) is 0 Å². The first-order valence-electron chi connectivity index (χ1n) is 7.45. The van der Waals surface area contributed by atoms with Crippen LogP contribution in [0.1, 0.15) is 15.9 Å². The van der Waals surface area contributed by atoms with Gasteiger partial charge in [0.1, 0.15) is 5.82 Å². The number of thiazole rings is 1. The molecule has 26 heavy (non-hydrogen) atoms. The molecular weight excluding hydrogens is 377 g/mol. The molecule has 0 aliphatic carbocycles. The molecule has 1 amide bonds. The lowest BCUT2D eigenvalue weighted by atomic mass is 10.1. The van der Waals surface area contributed by atoms with Crippen LogP contribution < -0.4 is 10.0 Å². The van der Waals surface area contributed by atoms with E-state index in [1.165, 1.54) is 35.6 Å². The largest absolute Gasteiger partial charge is 0.298 e. The maximum absolute atomic E-state index is 13.0. The van der Waals surface area contributed by atoms with E-state index in [2.05, 4.69) is 15.0 Å². The summed E-state index contributed by atoms with van der Waals surface area (Å²) in [6, 6.07) is 9.19. The van der Waals surface area contributed by atoms with Gasteiger partial charge in [0.05, 0.1) is 4.90 Å². The molecule has 2 aromatic carbocycles. The SMILES string of the molecule is Cc1ccc(S(=O)(=O)Nc2ccc(F)cc2)cc1C(=O)Nc1nccs1. The van der Waals surface area contributed by atoms with E-state index in [0.717, 1.165) is 12.1 Å². The highest BCUT2D eigenvalue weighted by Gasteiger charge is 2.19. The van der Waals surface area contributed by atoms with Crippen molar-refractivity contribution in [3.63, 3.8) is 0 Å². The fraction of sp³-hybridized carbons (Fsp3) is 0.0588. The van der Waals surface area contributed by atoms with Gasteiger partial charge in [0.15, 0.2) is 5.13 Å². The van der Waals surface area contributed by atoms with E-state index in [1.807, 2.05) is 0 Å². The van der Waals surface area contributed by atoms with Crippen molar-refractivity contribution >= 4 is 38.1 Å². The van der Waals surface area contributed by atoms with Crippen LogP contribution in [0.3, 0.4) is 0 Å². The third-order valence-corrected chi connectivity index (χ3v) is 5.58. The van der Waals surface area contributed by atoms with Gasteiger partial charge in [-0.2, -0.15) is 0 Å². The minimum absolute atomic E-state index is 0.0725. The fourth-order valence-corrected chi connectivity index (χ4v) is 3.80. The summed E-state index contributed by atoms with van der Waals surface area (Å²) in [5, 5.41) is 4.77. The number of sulfonamides is 1. The molecule has 0 saturated carbocycles. The molecule has 0 atom stereocenters. The average Bonchev–Trinajstić information content (AvgIpc) is 3.10. The zero-order chi connectivity index (χ0) is 18.7. The van der Waals surface area contributed by atoms with Crippen LogP contribution in [0.5, 0.6) is 0 Å². The van der Waals surface area contributed by atoms with Crippen molar-refractivity contribution in [2.45, 2.75) is 11.8 Å². The minimum atomic E-state index is -3.93.